The molecule has 2 aromatic rings. The van der Waals surface area contributed by atoms with Gasteiger partial charge in [-0.3, -0.25) is 9.79 Å². The van der Waals surface area contributed by atoms with E-state index in [1.54, 1.807) is 6.20 Å². The van der Waals surface area contributed by atoms with Gasteiger partial charge in [0.15, 0.2) is 0 Å². The van der Waals surface area contributed by atoms with Gasteiger partial charge in [-0.1, -0.05) is 45.7 Å². The zero-order valence-electron chi connectivity index (χ0n) is 28.3. The Morgan fingerprint density at radius 3 is 2.50 bits per heavy atom. The predicted octanol–water partition coefficient (Wildman–Crippen LogP) is 9.44. The number of amides is 1. The Balaban J connectivity index is 1.94. The first-order valence-electron chi connectivity index (χ1n) is 16.6. The van der Waals surface area contributed by atoms with Gasteiger partial charge in [0, 0.05) is 47.4 Å². The van der Waals surface area contributed by atoms with E-state index in [-0.39, 0.29) is 29.5 Å². The highest BCUT2D eigenvalue weighted by atomic mass is 19.1. The van der Waals surface area contributed by atoms with Crippen LogP contribution in [0.2, 0.25) is 0 Å². The third-order valence-electron chi connectivity index (χ3n) is 8.31. The Morgan fingerprint density at radius 2 is 1.84 bits per heavy atom. The molecule has 0 aliphatic carbocycles. The molecule has 0 saturated carbocycles. The van der Waals surface area contributed by atoms with Crippen molar-refractivity contribution < 1.29 is 13.9 Å². The van der Waals surface area contributed by atoms with Crippen molar-refractivity contribution in [1.82, 2.24) is 9.88 Å². The molecular weight excluding hydrogens is 549 g/mol. The molecule has 0 saturated heterocycles. The van der Waals surface area contributed by atoms with E-state index in [9.17, 15) is 9.18 Å². The van der Waals surface area contributed by atoms with Gasteiger partial charge in [-0.15, -0.1) is 5.73 Å². The molecule has 240 valence electrons. The quantitative estimate of drug-likeness (QED) is 0.145. The predicted molar refractivity (Wildman–Crippen MR) is 182 cm³/mol. The van der Waals surface area contributed by atoms with Crippen LogP contribution in [0.4, 0.5) is 4.39 Å². The summed E-state index contributed by atoms with van der Waals surface area (Å²) < 4.78 is 23.1. The average Bonchev–Trinajstić information content (AvgIpc) is 3.07. The van der Waals surface area contributed by atoms with E-state index in [0.29, 0.717) is 18.9 Å². The summed E-state index contributed by atoms with van der Waals surface area (Å²) in [5, 5.41) is 3.08. The topological polar surface area (TPSA) is 55.6 Å². The van der Waals surface area contributed by atoms with Crippen LogP contribution < -0.4 is 5.32 Å². The fourth-order valence-electron chi connectivity index (χ4n) is 6.40. The van der Waals surface area contributed by atoms with Gasteiger partial charge in [0.1, 0.15) is 5.82 Å². The average molecular weight is 604 g/mol. The summed E-state index contributed by atoms with van der Waals surface area (Å²) in [5.41, 5.74) is 9.28. The van der Waals surface area contributed by atoms with Gasteiger partial charge in [-0.25, -0.2) is 4.39 Å². The molecule has 6 heteroatoms. The number of allylic oxidation sites excluding steroid dienone is 2. The second-order valence-electron chi connectivity index (χ2n) is 13.1. The molecule has 1 aromatic heterocycles. The summed E-state index contributed by atoms with van der Waals surface area (Å²) in [6.45, 7) is 18.1. The number of unbranched alkanes of at least 4 members (excludes halogenated alkanes) is 1. The molecule has 1 amide bonds. The van der Waals surface area contributed by atoms with Gasteiger partial charge < -0.3 is 14.6 Å². The lowest BCUT2D eigenvalue weighted by molar-refractivity contribution is -0.130. The van der Waals surface area contributed by atoms with Crippen molar-refractivity contribution in [2.45, 2.75) is 125 Å². The van der Waals surface area contributed by atoms with Crippen LogP contribution in [0.25, 0.3) is 11.1 Å². The maximum absolute atomic E-state index is 14.0. The maximum atomic E-state index is 14.0. The maximum Gasteiger partial charge on any atom is 0.222 e. The van der Waals surface area contributed by atoms with Crippen LogP contribution >= 0.6 is 0 Å². The first-order chi connectivity index (χ1) is 21.0. The normalized spacial score (nSPS) is 14.5. The summed E-state index contributed by atoms with van der Waals surface area (Å²) in [4.78, 5) is 17.6. The number of rotatable bonds is 17. The number of halogens is 1. The molecule has 1 N–H and O–H groups in total. The van der Waals surface area contributed by atoms with E-state index in [4.69, 9.17) is 9.73 Å². The van der Waals surface area contributed by atoms with Gasteiger partial charge in [0.25, 0.3) is 0 Å². The number of nitrogens with one attached hydrogen (secondary N) is 1. The number of aliphatic imine (C=N–C) groups is 1. The lowest BCUT2D eigenvalue weighted by atomic mass is 9.91. The highest BCUT2D eigenvalue weighted by Gasteiger charge is 2.28. The minimum atomic E-state index is -0.285. The SMILES string of the molecule is CCCCNC(=O)CC(CC(C)CCc1c(-c2ccc(F)cc2)c(C2=NC=CC=C=C2)c(C)n1C(C)C)OC(C)(C)CCC. The molecule has 2 unspecified atom stereocenters. The molecule has 5 nitrogen and oxygen atoms in total. The Bertz CT molecular complexity index is 1360. The van der Waals surface area contributed by atoms with Crippen LogP contribution in [0.15, 0.2) is 59.4 Å². The van der Waals surface area contributed by atoms with Crippen LogP contribution in [-0.4, -0.2) is 34.4 Å². The second-order valence-corrected chi connectivity index (χ2v) is 13.1. The van der Waals surface area contributed by atoms with Crippen LogP contribution in [0.3, 0.4) is 0 Å². The van der Waals surface area contributed by atoms with Crippen molar-refractivity contribution in [3.05, 3.63) is 77.2 Å². The molecule has 1 aliphatic heterocycles. The molecule has 1 aliphatic rings. The summed E-state index contributed by atoms with van der Waals surface area (Å²) in [6.07, 6.45) is 14.3. The van der Waals surface area contributed by atoms with Crippen molar-refractivity contribution in [3.8, 4) is 11.1 Å². The Hall–Kier alpha value is -3.21. The monoisotopic (exact) mass is 603 g/mol. The lowest BCUT2D eigenvalue weighted by Crippen LogP contribution is -2.36. The third kappa shape index (κ3) is 9.90. The van der Waals surface area contributed by atoms with Crippen LogP contribution in [0, 0.1) is 18.7 Å². The fraction of sp³-hybridized carbons (Fsp3) is 0.553. The van der Waals surface area contributed by atoms with Crippen LogP contribution in [0.1, 0.15) is 116 Å². The largest absolute Gasteiger partial charge is 0.372 e. The molecule has 0 spiro atoms. The van der Waals surface area contributed by atoms with Crippen LogP contribution in [-0.2, 0) is 16.0 Å². The number of nitrogens with zero attached hydrogens (tertiary/aromatic N) is 2. The van der Waals surface area contributed by atoms with Crippen molar-refractivity contribution >= 4 is 11.6 Å². The van der Waals surface area contributed by atoms with E-state index >= 15 is 0 Å². The number of hydrogen-bond acceptors (Lipinski definition) is 3. The number of hydrogen-bond donors (Lipinski definition) is 1. The van der Waals surface area contributed by atoms with E-state index in [1.807, 2.05) is 30.4 Å². The smallest absolute Gasteiger partial charge is 0.222 e. The van der Waals surface area contributed by atoms with Gasteiger partial charge >= 0.3 is 0 Å². The number of carbonyl (C=O) groups is 1. The summed E-state index contributed by atoms with van der Waals surface area (Å²) in [6, 6.07) is 7.03. The molecule has 44 heavy (non-hydrogen) atoms. The highest BCUT2D eigenvalue weighted by Crippen LogP contribution is 2.38. The van der Waals surface area contributed by atoms with E-state index in [2.05, 4.69) is 71.0 Å². The molecule has 0 fully saturated rings. The minimum absolute atomic E-state index is 0.0656. The first-order valence-corrected chi connectivity index (χ1v) is 16.6. The zero-order chi connectivity index (χ0) is 32.3. The number of aromatic nitrogens is 1. The molecule has 0 bridgehead atoms. The van der Waals surface area contributed by atoms with Gasteiger partial charge in [-0.2, -0.15) is 0 Å². The van der Waals surface area contributed by atoms with Crippen molar-refractivity contribution in [2.75, 3.05) is 6.54 Å². The molecule has 1 aromatic carbocycles. The third-order valence-corrected chi connectivity index (χ3v) is 8.31. The zero-order valence-corrected chi connectivity index (χ0v) is 28.3. The first kappa shape index (κ1) is 35.3. The summed E-state index contributed by atoms with van der Waals surface area (Å²) >= 11 is 0. The van der Waals surface area contributed by atoms with Crippen molar-refractivity contribution in [3.63, 3.8) is 0 Å². The summed E-state index contributed by atoms with van der Waals surface area (Å²) in [5.74, 6) is 0.136. The standard InChI is InChI=1S/C38H54FN3O2/c1-9-11-23-41-35(43)26-32(44-38(7,8)22-10-2)25-28(5)16-21-34-37(30-17-19-31(39)20-18-30)36(29(6)42(34)27(3)4)33-15-13-12-14-24-40-33/h12,14-15,17-20,24,27-28,32H,9-11,16,21-23,25-26H2,1-8H3,(H,41,43). The Labute approximate surface area is 265 Å². The number of benzene rings is 1. The molecule has 0 radical (unpaired) electrons. The van der Waals surface area contributed by atoms with Gasteiger partial charge in [-0.05, 0) is 102 Å². The summed E-state index contributed by atoms with van der Waals surface area (Å²) in [7, 11) is 0. The highest BCUT2D eigenvalue weighted by molar-refractivity contribution is 6.14. The molecule has 3 rings (SSSR count). The van der Waals surface area contributed by atoms with Gasteiger partial charge in [0.05, 0.1) is 23.8 Å². The van der Waals surface area contributed by atoms with Crippen LogP contribution in [0.5, 0.6) is 0 Å². The number of ether oxygens (including phenoxy) is 1. The van der Waals surface area contributed by atoms with Gasteiger partial charge in [0.2, 0.25) is 5.91 Å². The molecular formula is C38H54FN3O2. The molecule has 2 heterocycles. The van der Waals surface area contributed by atoms with E-state index in [0.717, 1.165) is 73.0 Å². The van der Waals surface area contributed by atoms with Crippen molar-refractivity contribution in [1.29, 1.82) is 0 Å². The fourth-order valence-corrected chi connectivity index (χ4v) is 6.40. The van der Waals surface area contributed by atoms with E-state index in [1.165, 1.54) is 17.8 Å². The molecule has 2 atom stereocenters. The number of carbonyl (C=O) groups excluding carboxylic acids is 1. The Kier molecular flexibility index (Phi) is 13.4. The Morgan fingerprint density at radius 1 is 1.11 bits per heavy atom. The second kappa shape index (κ2) is 16.7. The lowest BCUT2D eigenvalue weighted by Gasteiger charge is -2.32. The van der Waals surface area contributed by atoms with E-state index < -0.39 is 0 Å². The van der Waals surface area contributed by atoms with Crippen molar-refractivity contribution in [2.24, 2.45) is 10.9 Å². The minimum Gasteiger partial charge on any atom is -0.372 e.